The van der Waals surface area contributed by atoms with Gasteiger partial charge < -0.3 is 9.64 Å². The molecule has 2 rings (SSSR count). The molecule has 0 atom stereocenters. The summed E-state index contributed by atoms with van der Waals surface area (Å²) in [4.78, 5) is 18.0. The quantitative estimate of drug-likeness (QED) is 0.659. The smallest absolute Gasteiger partial charge is 0.267 e. The van der Waals surface area contributed by atoms with Crippen LogP contribution in [0.5, 0.6) is 0 Å². The number of hydrogen-bond acceptors (Lipinski definition) is 3. The van der Waals surface area contributed by atoms with Gasteiger partial charge in [0.2, 0.25) is 0 Å². The maximum atomic E-state index is 11.9. The van der Waals surface area contributed by atoms with Crippen LogP contribution in [0.25, 0.3) is 0 Å². The Hall–Kier alpha value is -0.900. The molecule has 1 spiro atoms. The van der Waals surface area contributed by atoms with Crippen molar-refractivity contribution in [2.45, 2.75) is 26.7 Å². The Morgan fingerprint density at radius 3 is 2.56 bits per heavy atom. The summed E-state index contributed by atoms with van der Waals surface area (Å²) in [6.45, 7) is 7.93. The molecule has 4 heteroatoms. The van der Waals surface area contributed by atoms with Crippen molar-refractivity contribution in [2.24, 2.45) is 10.4 Å². The first kappa shape index (κ1) is 11.6. The van der Waals surface area contributed by atoms with E-state index in [0.717, 1.165) is 39.1 Å². The van der Waals surface area contributed by atoms with E-state index in [2.05, 4.69) is 4.99 Å². The van der Waals surface area contributed by atoms with Gasteiger partial charge in [0.1, 0.15) is 0 Å². The minimum absolute atomic E-state index is 0.110. The van der Waals surface area contributed by atoms with Crippen molar-refractivity contribution in [3.05, 3.63) is 0 Å². The van der Waals surface area contributed by atoms with Gasteiger partial charge in [0.05, 0.1) is 5.71 Å². The monoisotopic (exact) mass is 224 g/mol. The number of rotatable bonds is 2. The van der Waals surface area contributed by atoms with E-state index in [1.165, 1.54) is 0 Å². The zero-order chi connectivity index (χ0) is 11.6. The molecule has 2 heterocycles. The Bertz CT molecular complexity index is 298. The first-order valence-corrected chi connectivity index (χ1v) is 6.05. The van der Waals surface area contributed by atoms with E-state index in [9.17, 15) is 4.79 Å². The highest BCUT2D eigenvalue weighted by atomic mass is 16.5. The van der Waals surface area contributed by atoms with Crippen LogP contribution < -0.4 is 0 Å². The molecule has 0 N–H and O–H groups in total. The Morgan fingerprint density at radius 2 is 2.00 bits per heavy atom. The van der Waals surface area contributed by atoms with Crippen LogP contribution in [0.2, 0.25) is 0 Å². The molecular weight excluding hydrogens is 204 g/mol. The highest BCUT2D eigenvalue weighted by molar-refractivity contribution is 6.38. The third-order valence-electron chi connectivity index (χ3n) is 3.60. The lowest BCUT2D eigenvalue weighted by molar-refractivity contribution is -0.142. The maximum Gasteiger partial charge on any atom is 0.267 e. The molecule has 2 fully saturated rings. The van der Waals surface area contributed by atoms with Crippen molar-refractivity contribution in [1.29, 1.82) is 0 Å². The molecule has 0 aromatic rings. The SMILES string of the molecule is CCN=C(C)C(=O)N1CC2(CCOCC2)C1. The van der Waals surface area contributed by atoms with Crippen LogP contribution in [0.1, 0.15) is 26.7 Å². The van der Waals surface area contributed by atoms with Gasteiger partial charge in [-0.3, -0.25) is 9.79 Å². The van der Waals surface area contributed by atoms with E-state index in [-0.39, 0.29) is 5.91 Å². The summed E-state index contributed by atoms with van der Waals surface area (Å²) in [6.07, 6.45) is 2.20. The summed E-state index contributed by atoms with van der Waals surface area (Å²) in [5.41, 5.74) is 1.00. The van der Waals surface area contributed by atoms with Gasteiger partial charge in [-0.15, -0.1) is 0 Å². The van der Waals surface area contributed by atoms with Crippen LogP contribution in [-0.2, 0) is 9.53 Å². The summed E-state index contributed by atoms with van der Waals surface area (Å²) < 4.78 is 5.36. The summed E-state index contributed by atoms with van der Waals surface area (Å²) in [6, 6.07) is 0. The van der Waals surface area contributed by atoms with Crippen LogP contribution in [0.4, 0.5) is 0 Å². The largest absolute Gasteiger partial charge is 0.381 e. The molecule has 0 aromatic heterocycles. The van der Waals surface area contributed by atoms with Crippen LogP contribution in [0, 0.1) is 5.41 Å². The maximum absolute atomic E-state index is 11.9. The number of likely N-dealkylation sites (tertiary alicyclic amines) is 1. The molecule has 2 aliphatic rings. The van der Waals surface area contributed by atoms with Crippen LogP contribution in [-0.4, -0.2) is 49.4 Å². The lowest BCUT2D eigenvalue weighted by atomic mass is 9.73. The summed E-state index contributed by atoms with van der Waals surface area (Å²) in [5, 5.41) is 0. The van der Waals surface area contributed by atoms with Gasteiger partial charge >= 0.3 is 0 Å². The van der Waals surface area contributed by atoms with Crippen LogP contribution >= 0.6 is 0 Å². The predicted octanol–water partition coefficient (Wildman–Crippen LogP) is 1.11. The number of carbonyl (C=O) groups is 1. The third kappa shape index (κ3) is 2.12. The molecule has 2 saturated heterocycles. The average molecular weight is 224 g/mol. The molecule has 0 saturated carbocycles. The van der Waals surface area contributed by atoms with Gasteiger partial charge in [-0.1, -0.05) is 0 Å². The highest BCUT2D eigenvalue weighted by Crippen LogP contribution is 2.39. The number of ether oxygens (including phenoxy) is 1. The summed E-state index contributed by atoms with van der Waals surface area (Å²) in [5.74, 6) is 0.110. The molecule has 0 bridgehead atoms. The second-order valence-electron chi connectivity index (χ2n) is 4.83. The van der Waals surface area contributed by atoms with Gasteiger partial charge in [0.15, 0.2) is 0 Å². The topological polar surface area (TPSA) is 41.9 Å². The molecular formula is C12H20N2O2. The Balaban J connectivity index is 1.87. The fourth-order valence-corrected chi connectivity index (χ4v) is 2.56. The van der Waals surface area contributed by atoms with Crippen molar-refractivity contribution in [1.82, 2.24) is 4.90 Å². The van der Waals surface area contributed by atoms with E-state index >= 15 is 0 Å². The number of carbonyl (C=O) groups excluding carboxylic acids is 1. The summed E-state index contributed by atoms with van der Waals surface area (Å²) >= 11 is 0. The Kier molecular flexibility index (Phi) is 3.28. The number of nitrogens with zero attached hydrogens (tertiary/aromatic N) is 2. The van der Waals surface area contributed by atoms with Gasteiger partial charge in [-0.05, 0) is 26.7 Å². The molecule has 90 valence electrons. The fourth-order valence-electron chi connectivity index (χ4n) is 2.56. The standard InChI is InChI=1S/C12H20N2O2/c1-3-13-10(2)11(15)14-8-12(9-14)4-6-16-7-5-12/h3-9H2,1-2H3. The molecule has 0 aromatic carbocycles. The second-order valence-corrected chi connectivity index (χ2v) is 4.83. The number of hydrogen-bond donors (Lipinski definition) is 0. The van der Waals surface area contributed by atoms with Gasteiger partial charge in [-0.25, -0.2) is 0 Å². The summed E-state index contributed by atoms with van der Waals surface area (Å²) in [7, 11) is 0. The lowest BCUT2D eigenvalue weighted by Crippen LogP contribution is -2.61. The number of aliphatic imine (C=N–C) groups is 1. The predicted molar refractivity (Wildman–Crippen MR) is 62.7 cm³/mol. The first-order chi connectivity index (χ1) is 7.67. The van der Waals surface area contributed by atoms with Crippen molar-refractivity contribution in [2.75, 3.05) is 32.8 Å². The van der Waals surface area contributed by atoms with Crippen LogP contribution in [0.3, 0.4) is 0 Å². The molecule has 1 amide bonds. The normalized spacial score (nSPS) is 24.4. The van der Waals surface area contributed by atoms with Gasteiger partial charge in [0, 0.05) is 38.3 Å². The minimum atomic E-state index is 0.110. The first-order valence-electron chi connectivity index (χ1n) is 6.05. The molecule has 4 nitrogen and oxygen atoms in total. The molecule has 0 unspecified atom stereocenters. The third-order valence-corrected chi connectivity index (χ3v) is 3.60. The van der Waals surface area contributed by atoms with E-state index in [4.69, 9.17) is 4.74 Å². The average Bonchev–Trinajstić information content (AvgIpc) is 2.26. The molecule has 0 aliphatic carbocycles. The Labute approximate surface area is 96.7 Å². The van der Waals surface area contributed by atoms with E-state index in [1.54, 1.807) is 6.92 Å². The Morgan fingerprint density at radius 1 is 1.38 bits per heavy atom. The zero-order valence-corrected chi connectivity index (χ0v) is 10.2. The van der Waals surface area contributed by atoms with Crippen molar-refractivity contribution < 1.29 is 9.53 Å². The van der Waals surface area contributed by atoms with E-state index in [0.29, 0.717) is 17.7 Å². The fraction of sp³-hybridized carbons (Fsp3) is 0.833. The van der Waals surface area contributed by atoms with E-state index < -0.39 is 0 Å². The number of amides is 1. The van der Waals surface area contributed by atoms with Crippen molar-refractivity contribution in [3.8, 4) is 0 Å². The van der Waals surface area contributed by atoms with Gasteiger partial charge in [-0.2, -0.15) is 0 Å². The highest BCUT2D eigenvalue weighted by Gasteiger charge is 2.45. The van der Waals surface area contributed by atoms with Gasteiger partial charge in [0.25, 0.3) is 5.91 Å². The minimum Gasteiger partial charge on any atom is -0.381 e. The van der Waals surface area contributed by atoms with Crippen LogP contribution in [0.15, 0.2) is 4.99 Å². The molecule has 16 heavy (non-hydrogen) atoms. The zero-order valence-electron chi connectivity index (χ0n) is 10.2. The molecule has 0 radical (unpaired) electrons. The lowest BCUT2D eigenvalue weighted by Gasteiger charge is -2.52. The van der Waals surface area contributed by atoms with Crippen molar-refractivity contribution >= 4 is 11.6 Å². The van der Waals surface area contributed by atoms with E-state index in [1.807, 2.05) is 11.8 Å². The molecule has 2 aliphatic heterocycles. The van der Waals surface area contributed by atoms with Crippen molar-refractivity contribution in [3.63, 3.8) is 0 Å². The second kappa shape index (κ2) is 4.53.